The predicted molar refractivity (Wildman–Crippen MR) is 70.5 cm³/mol. The fourth-order valence-electron chi connectivity index (χ4n) is 2.27. The first kappa shape index (κ1) is 13.3. The molecule has 0 aromatic carbocycles. The summed E-state index contributed by atoms with van der Waals surface area (Å²) < 4.78 is 27.1. The molecule has 1 aliphatic rings. The van der Waals surface area contributed by atoms with Crippen LogP contribution >= 0.6 is 0 Å². The fraction of sp³-hybridized carbons (Fsp3) is 0.583. The van der Waals surface area contributed by atoms with Crippen molar-refractivity contribution in [3.05, 3.63) is 18.5 Å². The van der Waals surface area contributed by atoms with Gasteiger partial charge in [0, 0.05) is 18.4 Å². The zero-order chi connectivity index (χ0) is 13.0. The first-order valence-corrected chi connectivity index (χ1v) is 7.79. The zero-order valence-electron chi connectivity index (χ0n) is 10.3. The van der Waals surface area contributed by atoms with E-state index in [1.165, 1.54) is 31.3 Å². The molecule has 0 amide bonds. The van der Waals surface area contributed by atoms with Crippen molar-refractivity contribution in [2.45, 2.75) is 49.5 Å². The summed E-state index contributed by atoms with van der Waals surface area (Å²) in [5.74, 6) is 0. The van der Waals surface area contributed by atoms with Crippen LogP contribution in [0.1, 0.15) is 38.5 Å². The molecule has 0 atom stereocenters. The van der Waals surface area contributed by atoms with E-state index in [1.807, 2.05) is 0 Å². The Morgan fingerprint density at radius 3 is 2.44 bits per heavy atom. The summed E-state index contributed by atoms with van der Waals surface area (Å²) in [5, 5.41) is 0. The highest BCUT2D eigenvalue weighted by molar-refractivity contribution is 7.89. The van der Waals surface area contributed by atoms with Crippen LogP contribution in [0, 0.1) is 0 Å². The summed E-state index contributed by atoms with van der Waals surface area (Å²) in [6, 6.07) is 1.48. The highest BCUT2D eigenvalue weighted by atomic mass is 32.2. The van der Waals surface area contributed by atoms with Gasteiger partial charge in [0.05, 0.1) is 5.69 Å². The Morgan fingerprint density at radius 1 is 1.17 bits per heavy atom. The Morgan fingerprint density at radius 2 is 1.83 bits per heavy atom. The molecule has 100 valence electrons. The van der Waals surface area contributed by atoms with E-state index in [2.05, 4.69) is 9.71 Å². The summed E-state index contributed by atoms with van der Waals surface area (Å²) in [5.41, 5.74) is 5.92. The third-order valence-corrected chi connectivity index (χ3v) is 4.71. The maximum Gasteiger partial charge on any atom is 0.242 e. The number of hydrogen-bond acceptors (Lipinski definition) is 4. The van der Waals surface area contributed by atoms with Gasteiger partial charge < -0.3 is 5.73 Å². The van der Waals surface area contributed by atoms with E-state index in [9.17, 15) is 8.42 Å². The van der Waals surface area contributed by atoms with Crippen molar-refractivity contribution in [1.29, 1.82) is 0 Å². The number of nitrogen functional groups attached to an aromatic ring is 1. The average Bonchev–Trinajstić information content (AvgIpc) is 2.57. The molecule has 0 aliphatic heterocycles. The van der Waals surface area contributed by atoms with Crippen LogP contribution in [0.2, 0.25) is 0 Å². The van der Waals surface area contributed by atoms with E-state index in [0.29, 0.717) is 5.69 Å². The van der Waals surface area contributed by atoms with Crippen LogP contribution in [0.3, 0.4) is 0 Å². The molecule has 0 saturated heterocycles. The van der Waals surface area contributed by atoms with Crippen LogP contribution in [0.25, 0.3) is 0 Å². The van der Waals surface area contributed by atoms with Gasteiger partial charge >= 0.3 is 0 Å². The molecule has 2 rings (SSSR count). The average molecular weight is 269 g/mol. The smallest absolute Gasteiger partial charge is 0.242 e. The molecule has 0 bridgehead atoms. The van der Waals surface area contributed by atoms with Gasteiger partial charge in [0.25, 0.3) is 0 Å². The molecule has 0 unspecified atom stereocenters. The molecular formula is C12H19N3O2S. The molecule has 5 nitrogen and oxygen atoms in total. The lowest BCUT2D eigenvalue weighted by Gasteiger charge is -2.16. The quantitative estimate of drug-likeness (QED) is 0.817. The molecule has 1 saturated carbocycles. The molecule has 0 radical (unpaired) electrons. The third kappa shape index (κ3) is 3.43. The van der Waals surface area contributed by atoms with Crippen molar-refractivity contribution >= 4 is 15.7 Å². The van der Waals surface area contributed by atoms with Gasteiger partial charge in [-0.25, -0.2) is 13.1 Å². The van der Waals surface area contributed by atoms with Gasteiger partial charge in [0.1, 0.15) is 4.90 Å². The van der Waals surface area contributed by atoms with Crippen molar-refractivity contribution < 1.29 is 8.42 Å². The number of pyridine rings is 1. The predicted octanol–water partition coefficient (Wildman–Crippen LogP) is 1.66. The number of aromatic nitrogens is 1. The summed E-state index contributed by atoms with van der Waals surface area (Å²) in [7, 11) is -3.49. The lowest BCUT2D eigenvalue weighted by Crippen LogP contribution is -2.34. The molecule has 3 N–H and O–H groups in total. The van der Waals surface area contributed by atoms with E-state index in [4.69, 9.17) is 5.73 Å². The number of sulfonamides is 1. The van der Waals surface area contributed by atoms with Crippen molar-refractivity contribution in [3.63, 3.8) is 0 Å². The molecule has 0 spiro atoms. The van der Waals surface area contributed by atoms with Crippen LogP contribution in [0.15, 0.2) is 23.4 Å². The standard InChI is InChI=1S/C12H19N3O2S/c13-10-7-12(9-14-8-10)18(16,17)15-11-5-3-1-2-4-6-11/h7-9,11,15H,1-6,13H2. The second-order valence-electron chi connectivity index (χ2n) is 4.76. The molecule has 1 fully saturated rings. The van der Waals surface area contributed by atoms with Crippen molar-refractivity contribution in [2.24, 2.45) is 0 Å². The molecular weight excluding hydrogens is 250 g/mol. The first-order chi connectivity index (χ1) is 8.58. The topological polar surface area (TPSA) is 85.1 Å². The largest absolute Gasteiger partial charge is 0.397 e. The normalized spacial score (nSPS) is 18.4. The molecule has 6 heteroatoms. The van der Waals surface area contributed by atoms with E-state index >= 15 is 0 Å². The highest BCUT2D eigenvalue weighted by Crippen LogP contribution is 2.19. The van der Waals surface area contributed by atoms with Gasteiger partial charge in [-0.1, -0.05) is 25.7 Å². The van der Waals surface area contributed by atoms with E-state index < -0.39 is 10.0 Å². The monoisotopic (exact) mass is 269 g/mol. The summed E-state index contributed by atoms with van der Waals surface area (Å²) in [4.78, 5) is 3.96. The van der Waals surface area contributed by atoms with Gasteiger partial charge in [-0.2, -0.15) is 0 Å². The van der Waals surface area contributed by atoms with Crippen molar-refractivity contribution in [2.75, 3.05) is 5.73 Å². The Labute approximate surface area is 108 Å². The van der Waals surface area contributed by atoms with Gasteiger partial charge in [-0.3, -0.25) is 4.98 Å². The second kappa shape index (κ2) is 5.67. The number of nitrogens with two attached hydrogens (primary N) is 1. The highest BCUT2D eigenvalue weighted by Gasteiger charge is 2.21. The number of nitrogens with one attached hydrogen (secondary N) is 1. The Kier molecular flexibility index (Phi) is 4.19. The summed E-state index contributed by atoms with van der Waals surface area (Å²) in [6.07, 6.45) is 9.14. The minimum Gasteiger partial charge on any atom is -0.397 e. The van der Waals surface area contributed by atoms with Crippen LogP contribution in [-0.2, 0) is 10.0 Å². The molecule has 1 aliphatic carbocycles. The maximum absolute atomic E-state index is 12.2. The van der Waals surface area contributed by atoms with Gasteiger partial charge in [-0.05, 0) is 18.9 Å². The second-order valence-corrected chi connectivity index (χ2v) is 6.48. The molecule has 1 aromatic rings. The van der Waals surface area contributed by atoms with Crippen LogP contribution in [0.4, 0.5) is 5.69 Å². The van der Waals surface area contributed by atoms with Gasteiger partial charge in [0.2, 0.25) is 10.0 Å². The fourth-order valence-corrected chi connectivity index (χ4v) is 3.57. The Balaban J connectivity index is 2.11. The van der Waals surface area contributed by atoms with Crippen molar-refractivity contribution in [3.8, 4) is 0 Å². The van der Waals surface area contributed by atoms with E-state index in [1.54, 1.807) is 0 Å². The third-order valence-electron chi connectivity index (χ3n) is 3.22. The zero-order valence-corrected chi connectivity index (χ0v) is 11.1. The minimum absolute atomic E-state index is 0.0407. The van der Waals surface area contributed by atoms with E-state index in [0.717, 1.165) is 25.7 Å². The number of hydrogen-bond donors (Lipinski definition) is 2. The minimum atomic E-state index is -3.49. The molecule has 1 heterocycles. The SMILES string of the molecule is Nc1cncc(S(=O)(=O)NC2CCCCCC2)c1. The number of rotatable bonds is 3. The lowest BCUT2D eigenvalue weighted by molar-refractivity contribution is 0.509. The Bertz CT molecular complexity index is 494. The molecule has 1 aromatic heterocycles. The van der Waals surface area contributed by atoms with Crippen LogP contribution < -0.4 is 10.5 Å². The number of anilines is 1. The maximum atomic E-state index is 12.2. The van der Waals surface area contributed by atoms with Crippen molar-refractivity contribution in [1.82, 2.24) is 9.71 Å². The van der Waals surface area contributed by atoms with Crippen LogP contribution in [0.5, 0.6) is 0 Å². The lowest BCUT2D eigenvalue weighted by atomic mass is 10.1. The number of nitrogens with zero attached hydrogens (tertiary/aromatic N) is 1. The summed E-state index contributed by atoms with van der Waals surface area (Å²) >= 11 is 0. The van der Waals surface area contributed by atoms with Gasteiger partial charge in [0.15, 0.2) is 0 Å². The Hall–Kier alpha value is -1.14. The summed E-state index contributed by atoms with van der Waals surface area (Å²) in [6.45, 7) is 0. The van der Waals surface area contributed by atoms with Crippen LogP contribution in [-0.4, -0.2) is 19.4 Å². The van der Waals surface area contributed by atoms with E-state index in [-0.39, 0.29) is 10.9 Å². The van der Waals surface area contributed by atoms with Gasteiger partial charge in [-0.15, -0.1) is 0 Å². The first-order valence-electron chi connectivity index (χ1n) is 6.31. The molecule has 18 heavy (non-hydrogen) atoms.